The summed E-state index contributed by atoms with van der Waals surface area (Å²) in [6.07, 6.45) is 0. The van der Waals surface area contributed by atoms with Crippen molar-refractivity contribution in [2.45, 2.75) is 19.4 Å². The molecule has 0 aromatic heterocycles. The molecule has 1 aromatic carbocycles. The van der Waals surface area contributed by atoms with E-state index < -0.39 is 5.60 Å². The number of aliphatic hydroxyl groups is 1. The highest BCUT2D eigenvalue weighted by Crippen LogP contribution is 2.20. The van der Waals surface area contributed by atoms with Gasteiger partial charge in [-0.25, -0.2) is 4.39 Å². The molecule has 21 heavy (non-hydrogen) atoms. The monoisotopic (exact) mass is 358 g/mol. The number of benzene rings is 1. The van der Waals surface area contributed by atoms with Gasteiger partial charge in [-0.1, -0.05) is 0 Å². The smallest absolute Gasteiger partial charge is 0.255 e. The Morgan fingerprint density at radius 3 is 2.48 bits per heavy atom. The van der Waals surface area contributed by atoms with Crippen molar-refractivity contribution in [2.75, 3.05) is 32.7 Å². The van der Waals surface area contributed by atoms with Crippen molar-refractivity contribution in [1.29, 1.82) is 0 Å². The molecule has 0 aliphatic carbocycles. The Labute approximate surface area is 132 Å². The zero-order chi connectivity index (χ0) is 15.6. The van der Waals surface area contributed by atoms with Gasteiger partial charge in [0.2, 0.25) is 0 Å². The van der Waals surface area contributed by atoms with Gasteiger partial charge in [-0.15, -0.1) is 0 Å². The van der Waals surface area contributed by atoms with Gasteiger partial charge in [0, 0.05) is 37.2 Å². The van der Waals surface area contributed by atoms with Crippen molar-refractivity contribution in [3.8, 4) is 0 Å². The van der Waals surface area contributed by atoms with Gasteiger partial charge in [-0.05, 0) is 48.0 Å². The molecule has 0 saturated carbocycles. The molecule has 0 atom stereocenters. The molecule has 1 aromatic rings. The minimum Gasteiger partial charge on any atom is -0.389 e. The van der Waals surface area contributed by atoms with E-state index in [1.165, 1.54) is 18.2 Å². The van der Waals surface area contributed by atoms with Gasteiger partial charge in [-0.3, -0.25) is 9.69 Å². The summed E-state index contributed by atoms with van der Waals surface area (Å²) in [6.45, 7) is 6.83. The Hall–Kier alpha value is -0.980. The van der Waals surface area contributed by atoms with Gasteiger partial charge in [0.05, 0.1) is 11.2 Å². The summed E-state index contributed by atoms with van der Waals surface area (Å²) in [5.74, 6) is -0.460. The molecule has 1 amide bonds. The molecule has 116 valence electrons. The van der Waals surface area contributed by atoms with Gasteiger partial charge >= 0.3 is 0 Å². The number of amides is 1. The first-order valence-electron chi connectivity index (χ1n) is 6.95. The van der Waals surface area contributed by atoms with Crippen LogP contribution in [0.1, 0.15) is 24.2 Å². The molecule has 0 bridgehead atoms. The number of nitrogens with zero attached hydrogens (tertiary/aromatic N) is 2. The van der Waals surface area contributed by atoms with Crippen molar-refractivity contribution in [3.05, 3.63) is 34.1 Å². The lowest BCUT2D eigenvalue weighted by Crippen LogP contribution is -2.52. The van der Waals surface area contributed by atoms with Crippen LogP contribution in [-0.2, 0) is 0 Å². The third-order valence-electron chi connectivity index (χ3n) is 3.43. The predicted molar refractivity (Wildman–Crippen MR) is 82.7 cm³/mol. The van der Waals surface area contributed by atoms with Gasteiger partial charge < -0.3 is 10.0 Å². The minimum atomic E-state index is -0.730. The summed E-state index contributed by atoms with van der Waals surface area (Å²) in [5.41, 5.74) is -0.251. The molecule has 1 heterocycles. The van der Waals surface area contributed by atoms with Crippen molar-refractivity contribution < 1.29 is 14.3 Å². The number of hydrogen-bond donors (Lipinski definition) is 1. The van der Waals surface area contributed by atoms with Crippen LogP contribution in [0.5, 0.6) is 0 Å². The molecule has 0 radical (unpaired) electrons. The Balaban J connectivity index is 1.97. The van der Waals surface area contributed by atoms with E-state index in [2.05, 4.69) is 20.8 Å². The summed E-state index contributed by atoms with van der Waals surface area (Å²) < 4.78 is 13.6. The molecule has 2 rings (SSSR count). The fraction of sp³-hybridized carbons (Fsp3) is 0.533. The maximum Gasteiger partial charge on any atom is 0.255 e. The number of halogens is 2. The van der Waals surface area contributed by atoms with E-state index >= 15 is 0 Å². The van der Waals surface area contributed by atoms with E-state index in [4.69, 9.17) is 0 Å². The van der Waals surface area contributed by atoms with Crippen LogP contribution in [0.15, 0.2) is 22.7 Å². The second-order valence-electron chi connectivity index (χ2n) is 6.00. The molecular weight excluding hydrogens is 339 g/mol. The van der Waals surface area contributed by atoms with Gasteiger partial charge in [0.15, 0.2) is 0 Å². The number of piperazine rings is 1. The van der Waals surface area contributed by atoms with E-state index in [1.807, 2.05) is 0 Å². The number of β-amino-alcohol motifs (C(OH)–C–C–N with tert-alkyl or cyclic N) is 1. The summed E-state index contributed by atoms with van der Waals surface area (Å²) in [6, 6.07) is 4.10. The van der Waals surface area contributed by atoms with Gasteiger partial charge in [0.1, 0.15) is 5.82 Å². The highest BCUT2D eigenvalue weighted by atomic mass is 79.9. The Morgan fingerprint density at radius 2 is 1.95 bits per heavy atom. The fourth-order valence-electron chi connectivity index (χ4n) is 2.49. The van der Waals surface area contributed by atoms with Crippen molar-refractivity contribution >= 4 is 21.8 Å². The molecule has 1 aliphatic rings. The first-order chi connectivity index (χ1) is 9.76. The molecule has 1 N–H and O–H groups in total. The molecule has 0 spiro atoms. The van der Waals surface area contributed by atoms with Crippen LogP contribution in [0.4, 0.5) is 4.39 Å². The maximum atomic E-state index is 13.1. The Kier molecular flexibility index (Phi) is 5.01. The highest BCUT2D eigenvalue weighted by molar-refractivity contribution is 9.10. The van der Waals surface area contributed by atoms with E-state index in [0.29, 0.717) is 29.7 Å². The van der Waals surface area contributed by atoms with E-state index in [-0.39, 0.29) is 11.7 Å². The minimum absolute atomic E-state index is 0.0928. The maximum absolute atomic E-state index is 13.1. The molecule has 1 aliphatic heterocycles. The van der Waals surface area contributed by atoms with Gasteiger partial charge in [0.25, 0.3) is 5.91 Å². The summed E-state index contributed by atoms with van der Waals surface area (Å²) in [5, 5.41) is 9.82. The van der Waals surface area contributed by atoms with Crippen LogP contribution < -0.4 is 0 Å². The second kappa shape index (κ2) is 6.42. The number of carbonyl (C=O) groups is 1. The van der Waals surface area contributed by atoms with Crippen LogP contribution in [0, 0.1) is 5.82 Å². The first kappa shape index (κ1) is 16.4. The lowest BCUT2D eigenvalue weighted by Gasteiger charge is -2.37. The number of carbonyl (C=O) groups excluding carboxylic acids is 1. The third kappa shape index (κ3) is 4.49. The van der Waals surface area contributed by atoms with Crippen LogP contribution >= 0.6 is 15.9 Å². The van der Waals surface area contributed by atoms with Crippen LogP contribution in [0.3, 0.4) is 0 Å². The highest BCUT2D eigenvalue weighted by Gasteiger charge is 2.26. The predicted octanol–water partition coefficient (Wildman–Crippen LogP) is 2.12. The van der Waals surface area contributed by atoms with Crippen LogP contribution in [0.2, 0.25) is 0 Å². The lowest BCUT2D eigenvalue weighted by molar-refractivity contribution is 0.0178. The Bertz CT molecular complexity index is 523. The van der Waals surface area contributed by atoms with Gasteiger partial charge in [-0.2, -0.15) is 0 Å². The molecule has 0 unspecified atom stereocenters. The molecular formula is C15H20BrFN2O2. The Morgan fingerprint density at radius 1 is 1.33 bits per heavy atom. The first-order valence-corrected chi connectivity index (χ1v) is 7.75. The van der Waals surface area contributed by atoms with E-state index in [9.17, 15) is 14.3 Å². The average Bonchev–Trinajstić information content (AvgIpc) is 2.37. The second-order valence-corrected chi connectivity index (χ2v) is 6.86. The average molecular weight is 359 g/mol. The van der Waals surface area contributed by atoms with Crippen molar-refractivity contribution in [3.63, 3.8) is 0 Å². The topological polar surface area (TPSA) is 43.8 Å². The lowest BCUT2D eigenvalue weighted by atomic mass is 10.1. The number of rotatable bonds is 3. The van der Waals surface area contributed by atoms with Crippen molar-refractivity contribution in [1.82, 2.24) is 9.80 Å². The fourth-order valence-corrected chi connectivity index (χ4v) is 3.01. The molecule has 1 saturated heterocycles. The van der Waals surface area contributed by atoms with E-state index in [1.54, 1.807) is 18.7 Å². The quantitative estimate of drug-likeness (QED) is 0.899. The number of hydrogen-bond acceptors (Lipinski definition) is 3. The summed E-state index contributed by atoms with van der Waals surface area (Å²) in [7, 11) is 0. The SMILES string of the molecule is CC(C)(O)CN1CCN(C(=O)c2ccc(F)cc2Br)CC1. The zero-order valence-electron chi connectivity index (χ0n) is 12.3. The largest absolute Gasteiger partial charge is 0.389 e. The summed E-state index contributed by atoms with van der Waals surface area (Å²) in [4.78, 5) is 16.3. The third-order valence-corrected chi connectivity index (χ3v) is 4.09. The zero-order valence-corrected chi connectivity index (χ0v) is 13.9. The standard InChI is InChI=1S/C15H20BrFN2O2/c1-15(2,21)10-18-5-7-19(8-6-18)14(20)12-4-3-11(17)9-13(12)16/h3-4,9,21H,5-8,10H2,1-2H3. The molecule has 4 nitrogen and oxygen atoms in total. The summed E-state index contributed by atoms with van der Waals surface area (Å²) >= 11 is 3.23. The van der Waals surface area contributed by atoms with Crippen LogP contribution in [0.25, 0.3) is 0 Å². The van der Waals surface area contributed by atoms with E-state index in [0.717, 1.165) is 13.1 Å². The molecule has 1 fully saturated rings. The molecule has 6 heteroatoms. The normalized spacial score (nSPS) is 17.1. The van der Waals surface area contributed by atoms with Crippen molar-refractivity contribution in [2.24, 2.45) is 0 Å². The van der Waals surface area contributed by atoms with Crippen LogP contribution in [-0.4, -0.2) is 59.1 Å².